The minimum Gasteiger partial charge on any atom is -0.361 e. The molecule has 2 heterocycles. The van der Waals surface area contributed by atoms with Crippen LogP contribution in [0.1, 0.15) is 28.5 Å². The van der Waals surface area contributed by atoms with Crippen LogP contribution < -0.4 is 9.80 Å². The Morgan fingerprint density at radius 2 is 1.23 bits per heavy atom. The molecule has 0 aliphatic carbocycles. The van der Waals surface area contributed by atoms with Gasteiger partial charge < -0.3 is 9.64 Å². The van der Waals surface area contributed by atoms with Crippen LogP contribution >= 0.6 is 0 Å². The van der Waals surface area contributed by atoms with Gasteiger partial charge in [-0.25, -0.2) is 0 Å². The van der Waals surface area contributed by atoms with Crippen molar-refractivity contribution in [3.8, 4) is 0 Å². The molecule has 0 aromatic heterocycles. The normalized spacial score (nSPS) is 19.3. The van der Waals surface area contributed by atoms with Crippen LogP contribution in [0.15, 0.2) is 78.9 Å². The second-order valence-corrected chi connectivity index (χ2v) is 16.2. The SMILES string of the molecule is C[Si](C)(C)CCOCN1C(=O)C(C2C(=O)N(Cc3ccccc3)c3ccccc32)c2ccccc21. The Bertz CT molecular complexity index is 1240. The molecule has 2 unspecified atom stereocenters. The molecule has 3 aromatic rings. The summed E-state index contributed by atoms with van der Waals surface area (Å²) in [5.41, 5.74) is 4.62. The molecule has 0 radical (unpaired) electrons. The number of fused-ring (bicyclic) bond motifs is 2. The van der Waals surface area contributed by atoms with E-state index in [0.29, 0.717) is 13.2 Å². The van der Waals surface area contributed by atoms with E-state index in [2.05, 4.69) is 19.6 Å². The first-order chi connectivity index (χ1) is 16.8. The standard InChI is InChI=1S/C29H32N2O3Si/c1-35(2,3)18-17-34-20-31-25-16-10-8-14-23(25)27(29(31)33)26-22-13-7-9-15-24(22)30(28(26)32)19-21-11-5-4-6-12-21/h4-16,26-27H,17-20H2,1-3H3. The van der Waals surface area contributed by atoms with Crippen molar-refractivity contribution in [2.45, 2.75) is 44.1 Å². The van der Waals surface area contributed by atoms with Gasteiger partial charge >= 0.3 is 0 Å². The fourth-order valence-corrected chi connectivity index (χ4v) is 5.83. The monoisotopic (exact) mass is 484 g/mol. The van der Waals surface area contributed by atoms with E-state index in [1.807, 2.05) is 83.8 Å². The van der Waals surface area contributed by atoms with Crippen molar-refractivity contribution in [2.75, 3.05) is 23.1 Å². The first-order valence-electron chi connectivity index (χ1n) is 12.3. The number of para-hydroxylation sites is 2. The van der Waals surface area contributed by atoms with Crippen LogP contribution in [0.2, 0.25) is 25.7 Å². The zero-order chi connectivity index (χ0) is 24.6. The largest absolute Gasteiger partial charge is 0.361 e. The fraction of sp³-hybridized carbons (Fsp3) is 0.310. The molecule has 0 fully saturated rings. The van der Waals surface area contributed by atoms with Crippen LogP contribution in [0, 0.1) is 0 Å². The van der Waals surface area contributed by atoms with Crippen LogP contribution in [0.4, 0.5) is 11.4 Å². The average molecular weight is 485 g/mol. The van der Waals surface area contributed by atoms with Crippen molar-refractivity contribution in [3.63, 3.8) is 0 Å². The van der Waals surface area contributed by atoms with Gasteiger partial charge in [0.05, 0.1) is 24.1 Å². The van der Waals surface area contributed by atoms with Crippen LogP contribution in [0.25, 0.3) is 0 Å². The van der Waals surface area contributed by atoms with E-state index < -0.39 is 19.9 Å². The topological polar surface area (TPSA) is 49.9 Å². The highest BCUT2D eigenvalue weighted by Gasteiger charge is 2.50. The summed E-state index contributed by atoms with van der Waals surface area (Å²) in [5, 5.41) is 0. The van der Waals surface area contributed by atoms with Gasteiger partial charge in [-0.3, -0.25) is 14.5 Å². The lowest BCUT2D eigenvalue weighted by molar-refractivity contribution is -0.126. The summed E-state index contributed by atoms with van der Waals surface area (Å²) in [7, 11) is -1.22. The van der Waals surface area contributed by atoms with Gasteiger partial charge in [0.1, 0.15) is 6.73 Å². The second kappa shape index (κ2) is 9.44. The summed E-state index contributed by atoms with van der Waals surface area (Å²) in [6.07, 6.45) is 0. The zero-order valence-electron chi connectivity index (χ0n) is 20.6. The first-order valence-corrected chi connectivity index (χ1v) is 16.0. The minimum absolute atomic E-state index is 0.0234. The predicted molar refractivity (Wildman–Crippen MR) is 142 cm³/mol. The summed E-state index contributed by atoms with van der Waals surface area (Å²) >= 11 is 0. The maximum atomic E-state index is 13.9. The Morgan fingerprint density at radius 3 is 1.83 bits per heavy atom. The number of rotatable bonds is 8. The maximum absolute atomic E-state index is 13.9. The highest BCUT2D eigenvalue weighted by atomic mass is 28.3. The Morgan fingerprint density at radius 1 is 0.714 bits per heavy atom. The lowest BCUT2D eigenvalue weighted by atomic mass is 9.83. The van der Waals surface area contributed by atoms with Gasteiger partial charge in [0, 0.05) is 20.4 Å². The predicted octanol–water partition coefficient (Wildman–Crippen LogP) is 5.76. The molecule has 0 N–H and O–H groups in total. The summed E-state index contributed by atoms with van der Waals surface area (Å²) in [5.74, 6) is -1.18. The number of nitrogens with zero attached hydrogens (tertiary/aromatic N) is 2. The van der Waals surface area contributed by atoms with E-state index in [4.69, 9.17) is 4.74 Å². The third-order valence-corrected chi connectivity index (χ3v) is 8.63. The molecule has 5 nitrogen and oxygen atoms in total. The number of anilines is 2. The van der Waals surface area contributed by atoms with E-state index in [1.165, 1.54) is 0 Å². The number of amides is 2. The van der Waals surface area contributed by atoms with Gasteiger partial charge in [-0.2, -0.15) is 0 Å². The van der Waals surface area contributed by atoms with Crippen molar-refractivity contribution in [1.29, 1.82) is 0 Å². The van der Waals surface area contributed by atoms with Gasteiger partial charge in [0.2, 0.25) is 11.8 Å². The Balaban J connectivity index is 1.45. The molecule has 5 rings (SSSR count). The fourth-order valence-electron chi connectivity index (χ4n) is 5.07. The maximum Gasteiger partial charge on any atom is 0.237 e. The van der Waals surface area contributed by atoms with E-state index in [0.717, 1.165) is 34.1 Å². The van der Waals surface area contributed by atoms with Crippen LogP contribution in [-0.4, -0.2) is 33.2 Å². The molecule has 0 spiro atoms. The molecular weight excluding hydrogens is 452 g/mol. The van der Waals surface area contributed by atoms with E-state index in [1.54, 1.807) is 4.90 Å². The van der Waals surface area contributed by atoms with E-state index in [9.17, 15) is 9.59 Å². The molecule has 2 aliphatic heterocycles. The third-order valence-electron chi connectivity index (χ3n) is 6.92. The second-order valence-electron chi connectivity index (χ2n) is 10.6. The lowest BCUT2D eigenvalue weighted by Gasteiger charge is -2.22. The molecule has 0 saturated carbocycles. The smallest absolute Gasteiger partial charge is 0.237 e. The van der Waals surface area contributed by atoms with Crippen molar-refractivity contribution in [2.24, 2.45) is 0 Å². The zero-order valence-corrected chi connectivity index (χ0v) is 21.6. The number of carbonyl (C=O) groups excluding carboxylic acids is 2. The van der Waals surface area contributed by atoms with Gasteiger partial charge in [-0.1, -0.05) is 86.4 Å². The molecule has 2 aliphatic rings. The van der Waals surface area contributed by atoms with Crippen molar-refractivity contribution in [1.82, 2.24) is 0 Å². The van der Waals surface area contributed by atoms with Crippen molar-refractivity contribution in [3.05, 3.63) is 95.6 Å². The molecular formula is C29H32N2O3Si. The molecule has 2 atom stereocenters. The highest BCUT2D eigenvalue weighted by molar-refractivity contribution is 6.76. The Hall–Kier alpha value is -3.22. The molecule has 35 heavy (non-hydrogen) atoms. The lowest BCUT2D eigenvalue weighted by Crippen LogP contribution is -2.36. The summed E-state index contributed by atoms with van der Waals surface area (Å²) in [4.78, 5) is 31.3. The summed E-state index contributed by atoms with van der Waals surface area (Å²) < 4.78 is 5.97. The van der Waals surface area contributed by atoms with E-state index in [-0.39, 0.29) is 18.5 Å². The average Bonchev–Trinajstić information content (AvgIpc) is 3.27. The number of carbonyl (C=O) groups is 2. The van der Waals surface area contributed by atoms with E-state index >= 15 is 0 Å². The Labute approximate surface area is 208 Å². The van der Waals surface area contributed by atoms with Crippen LogP contribution in [0.5, 0.6) is 0 Å². The highest BCUT2D eigenvalue weighted by Crippen LogP contribution is 2.51. The van der Waals surface area contributed by atoms with Gasteiger partial charge in [0.15, 0.2) is 0 Å². The molecule has 0 saturated heterocycles. The minimum atomic E-state index is -1.22. The molecule has 180 valence electrons. The first kappa shape index (κ1) is 23.5. The Kier molecular flexibility index (Phi) is 6.34. The van der Waals surface area contributed by atoms with Crippen molar-refractivity contribution >= 4 is 31.3 Å². The van der Waals surface area contributed by atoms with Crippen LogP contribution in [-0.2, 0) is 20.9 Å². The number of benzene rings is 3. The summed E-state index contributed by atoms with van der Waals surface area (Å²) in [6, 6.07) is 26.7. The molecule has 2 amide bonds. The van der Waals surface area contributed by atoms with Crippen LogP contribution in [0.3, 0.4) is 0 Å². The third kappa shape index (κ3) is 4.56. The molecule has 6 heteroatoms. The molecule has 3 aromatic carbocycles. The number of hydrogen-bond acceptors (Lipinski definition) is 3. The van der Waals surface area contributed by atoms with Gasteiger partial charge in [-0.05, 0) is 34.9 Å². The number of hydrogen-bond donors (Lipinski definition) is 0. The number of ether oxygens (including phenoxy) is 1. The summed E-state index contributed by atoms with van der Waals surface area (Å²) in [6.45, 7) is 8.28. The van der Waals surface area contributed by atoms with Gasteiger partial charge in [0.25, 0.3) is 0 Å². The molecule has 0 bridgehead atoms. The van der Waals surface area contributed by atoms with Crippen molar-refractivity contribution < 1.29 is 14.3 Å². The quantitative estimate of drug-likeness (QED) is 0.302. The van der Waals surface area contributed by atoms with Gasteiger partial charge in [-0.15, -0.1) is 0 Å².